The number of likely N-dealkylation sites (tertiary alicyclic amines) is 1. The number of alkyl halides is 3. The molecule has 1 aromatic rings. The fourth-order valence-electron chi connectivity index (χ4n) is 2.26. The molecule has 0 bridgehead atoms. The molecule has 0 aliphatic carbocycles. The highest BCUT2D eigenvalue weighted by molar-refractivity contribution is 5.95. The van der Waals surface area contributed by atoms with E-state index in [1.807, 2.05) is 0 Å². The molecule has 0 radical (unpaired) electrons. The minimum absolute atomic E-state index is 0.0198. The molecular formula is C13H13F3N2O3. The molecule has 1 aliphatic heterocycles. The van der Waals surface area contributed by atoms with Gasteiger partial charge in [-0.3, -0.25) is 9.59 Å². The molecule has 0 saturated carbocycles. The topological polar surface area (TPSA) is 70.5 Å². The summed E-state index contributed by atoms with van der Waals surface area (Å²) in [5.41, 5.74) is -1.01. The van der Waals surface area contributed by atoms with Gasteiger partial charge in [-0.2, -0.15) is 13.2 Å². The monoisotopic (exact) mass is 302 g/mol. The number of amides is 1. The second-order valence-corrected chi connectivity index (χ2v) is 4.90. The van der Waals surface area contributed by atoms with Crippen LogP contribution in [-0.4, -0.2) is 40.0 Å². The molecule has 2 rings (SSSR count). The molecule has 1 atom stereocenters. The summed E-state index contributed by atoms with van der Waals surface area (Å²) in [5.74, 6) is -2.10. The number of carbonyl (C=O) groups is 2. The number of nitrogens with zero attached hydrogens (tertiary/aromatic N) is 2. The number of halogens is 3. The van der Waals surface area contributed by atoms with Crippen LogP contribution in [0.25, 0.3) is 0 Å². The lowest BCUT2D eigenvalue weighted by molar-refractivity contribution is -0.142. The molecule has 0 unspecified atom stereocenters. The van der Waals surface area contributed by atoms with Crippen molar-refractivity contribution in [3.8, 4) is 0 Å². The normalized spacial score (nSPS) is 18.9. The Morgan fingerprint density at radius 3 is 2.52 bits per heavy atom. The Balaban J connectivity index is 2.19. The summed E-state index contributed by atoms with van der Waals surface area (Å²) in [6.07, 6.45) is -4.22. The van der Waals surface area contributed by atoms with Crippen LogP contribution in [0.5, 0.6) is 0 Å². The second kappa shape index (κ2) is 5.34. The van der Waals surface area contributed by atoms with Gasteiger partial charge in [0.2, 0.25) is 0 Å². The SMILES string of the molecule is Cc1nc(C(F)(F)F)ccc1C(=O)N1CC[C@@H](C(=O)O)C1. The zero-order valence-corrected chi connectivity index (χ0v) is 11.1. The van der Waals surface area contributed by atoms with E-state index < -0.39 is 29.7 Å². The molecule has 1 aliphatic rings. The minimum Gasteiger partial charge on any atom is -0.481 e. The number of carboxylic acid groups (broad SMARTS) is 1. The Morgan fingerprint density at radius 1 is 1.38 bits per heavy atom. The molecule has 1 saturated heterocycles. The number of hydrogen-bond acceptors (Lipinski definition) is 3. The van der Waals surface area contributed by atoms with Crippen molar-refractivity contribution in [3.05, 3.63) is 29.1 Å². The Labute approximate surface area is 118 Å². The van der Waals surface area contributed by atoms with Gasteiger partial charge in [0.25, 0.3) is 5.91 Å². The van der Waals surface area contributed by atoms with E-state index in [4.69, 9.17) is 5.11 Å². The fraction of sp³-hybridized carbons (Fsp3) is 0.462. The summed E-state index contributed by atoms with van der Waals surface area (Å²) in [6.45, 7) is 1.66. The molecule has 1 aromatic heterocycles. The number of hydrogen-bond donors (Lipinski definition) is 1. The third kappa shape index (κ3) is 3.14. The van der Waals surface area contributed by atoms with Crippen molar-refractivity contribution in [2.75, 3.05) is 13.1 Å². The van der Waals surface area contributed by atoms with Crippen LogP contribution < -0.4 is 0 Å². The summed E-state index contributed by atoms with van der Waals surface area (Å²) in [7, 11) is 0. The average molecular weight is 302 g/mol. The van der Waals surface area contributed by atoms with E-state index in [9.17, 15) is 22.8 Å². The maximum Gasteiger partial charge on any atom is 0.433 e. The Bertz CT molecular complexity index is 587. The molecule has 1 amide bonds. The number of rotatable bonds is 2. The first-order valence-corrected chi connectivity index (χ1v) is 6.27. The van der Waals surface area contributed by atoms with Crippen molar-refractivity contribution in [2.45, 2.75) is 19.5 Å². The van der Waals surface area contributed by atoms with Gasteiger partial charge in [-0.1, -0.05) is 0 Å². The number of carbonyl (C=O) groups excluding carboxylic acids is 1. The first kappa shape index (κ1) is 15.3. The van der Waals surface area contributed by atoms with Crippen LogP contribution in [-0.2, 0) is 11.0 Å². The molecule has 0 spiro atoms. The quantitative estimate of drug-likeness (QED) is 0.906. The third-order valence-corrected chi connectivity index (χ3v) is 3.43. The number of aliphatic carboxylic acids is 1. The highest BCUT2D eigenvalue weighted by atomic mass is 19.4. The smallest absolute Gasteiger partial charge is 0.433 e. The van der Waals surface area contributed by atoms with Gasteiger partial charge in [0, 0.05) is 13.1 Å². The molecule has 21 heavy (non-hydrogen) atoms. The number of carboxylic acids is 1. The van der Waals surface area contributed by atoms with E-state index in [2.05, 4.69) is 4.98 Å². The van der Waals surface area contributed by atoms with Gasteiger partial charge >= 0.3 is 12.1 Å². The number of pyridine rings is 1. The molecule has 114 valence electrons. The van der Waals surface area contributed by atoms with Crippen LogP contribution in [0.3, 0.4) is 0 Å². The van der Waals surface area contributed by atoms with Crippen molar-refractivity contribution in [3.63, 3.8) is 0 Å². The largest absolute Gasteiger partial charge is 0.481 e. The lowest BCUT2D eigenvalue weighted by Crippen LogP contribution is -2.30. The molecule has 0 aromatic carbocycles. The lowest BCUT2D eigenvalue weighted by atomic mass is 10.1. The Morgan fingerprint density at radius 2 is 2.05 bits per heavy atom. The van der Waals surface area contributed by atoms with E-state index >= 15 is 0 Å². The van der Waals surface area contributed by atoms with Gasteiger partial charge in [-0.05, 0) is 25.5 Å². The summed E-state index contributed by atoms with van der Waals surface area (Å²) >= 11 is 0. The van der Waals surface area contributed by atoms with Crippen molar-refractivity contribution >= 4 is 11.9 Å². The van der Waals surface area contributed by atoms with E-state index in [1.165, 1.54) is 11.8 Å². The molecule has 2 heterocycles. The Hall–Kier alpha value is -2.12. The lowest BCUT2D eigenvalue weighted by Gasteiger charge is -2.17. The maximum atomic E-state index is 12.5. The van der Waals surface area contributed by atoms with Crippen LogP contribution in [0, 0.1) is 12.8 Å². The predicted molar refractivity (Wildman–Crippen MR) is 65.6 cm³/mol. The van der Waals surface area contributed by atoms with Gasteiger partial charge in [-0.25, -0.2) is 4.98 Å². The summed E-state index contributed by atoms with van der Waals surface area (Å²) in [5, 5.41) is 8.89. The zero-order valence-electron chi connectivity index (χ0n) is 11.1. The average Bonchev–Trinajstić information content (AvgIpc) is 2.86. The molecule has 1 fully saturated rings. The van der Waals surface area contributed by atoms with E-state index in [0.29, 0.717) is 6.42 Å². The van der Waals surface area contributed by atoms with E-state index in [0.717, 1.165) is 12.1 Å². The van der Waals surface area contributed by atoms with Crippen LogP contribution in [0.4, 0.5) is 13.2 Å². The maximum absolute atomic E-state index is 12.5. The number of aromatic nitrogens is 1. The van der Waals surface area contributed by atoms with Gasteiger partial charge in [0.05, 0.1) is 17.2 Å². The highest BCUT2D eigenvalue weighted by Gasteiger charge is 2.35. The summed E-state index contributed by atoms with van der Waals surface area (Å²) in [4.78, 5) is 27.8. The van der Waals surface area contributed by atoms with Crippen LogP contribution in [0.2, 0.25) is 0 Å². The van der Waals surface area contributed by atoms with Gasteiger partial charge in [-0.15, -0.1) is 0 Å². The van der Waals surface area contributed by atoms with Crippen LogP contribution in [0.15, 0.2) is 12.1 Å². The highest BCUT2D eigenvalue weighted by Crippen LogP contribution is 2.28. The van der Waals surface area contributed by atoms with Crippen molar-refractivity contribution < 1.29 is 27.9 Å². The second-order valence-electron chi connectivity index (χ2n) is 4.90. The van der Waals surface area contributed by atoms with Gasteiger partial charge in [0.1, 0.15) is 5.69 Å². The fourth-order valence-corrected chi connectivity index (χ4v) is 2.26. The standard InChI is InChI=1S/C13H13F3N2O3/c1-7-9(2-3-10(17-7)13(14,15)16)11(19)18-5-4-8(6-18)12(20)21/h2-3,8H,4-6H2,1H3,(H,20,21)/t8-/m1/s1. The minimum atomic E-state index is -4.56. The van der Waals surface area contributed by atoms with Gasteiger partial charge < -0.3 is 10.0 Å². The van der Waals surface area contributed by atoms with E-state index in [-0.39, 0.29) is 24.3 Å². The molecule has 8 heteroatoms. The van der Waals surface area contributed by atoms with Crippen molar-refractivity contribution in [2.24, 2.45) is 5.92 Å². The first-order valence-electron chi connectivity index (χ1n) is 6.27. The molecular weight excluding hydrogens is 289 g/mol. The van der Waals surface area contributed by atoms with Crippen LogP contribution in [0.1, 0.15) is 28.2 Å². The van der Waals surface area contributed by atoms with Crippen molar-refractivity contribution in [1.82, 2.24) is 9.88 Å². The third-order valence-electron chi connectivity index (χ3n) is 3.43. The van der Waals surface area contributed by atoms with E-state index in [1.54, 1.807) is 0 Å². The zero-order chi connectivity index (χ0) is 15.8. The summed E-state index contributed by atoms with van der Waals surface area (Å²) < 4.78 is 37.6. The predicted octanol–water partition coefficient (Wildman–Crippen LogP) is 1.96. The first-order chi connectivity index (χ1) is 9.70. The van der Waals surface area contributed by atoms with Crippen LogP contribution >= 0.6 is 0 Å². The molecule has 5 nitrogen and oxygen atoms in total. The Kier molecular flexibility index (Phi) is 3.89. The number of aryl methyl sites for hydroxylation is 1. The summed E-state index contributed by atoms with van der Waals surface area (Å²) in [6, 6.07) is 1.84. The van der Waals surface area contributed by atoms with Crippen molar-refractivity contribution in [1.29, 1.82) is 0 Å². The van der Waals surface area contributed by atoms with Gasteiger partial charge in [0.15, 0.2) is 0 Å². The molecule has 1 N–H and O–H groups in total.